The molecular formula is C18H18ClF3N2O4S2. The molecule has 1 aliphatic rings. The van der Waals surface area contributed by atoms with E-state index >= 15 is 0 Å². The standard InChI is InChI=1S/C18H18ClF3N2O4S2/c19-13-5-6-15(28-11-18(20,21)22)14(9-13)23-17(25)12-3-1-7-24(10-12)30(26,27)16-4-2-8-29-16/h2,4-6,8-9,12H,1,3,7,10-11H2,(H,23,25). The highest BCUT2D eigenvalue weighted by atomic mass is 35.5. The van der Waals surface area contributed by atoms with Crippen molar-refractivity contribution in [2.45, 2.75) is 23.2 Å². The Morgan fingerprint density at radius 2 is 2.10 bits per heavy atom. The zero-order chi connectivity index (χ0) is 21.9. The molecule has 1 saturated heterocycles. The van der Waals surface area contributed by atoms with E-state index in [1.165, 1.54) is 28.6 Å². The van der Waals surface area contributed by atoms with Gasteiger partial charge >= 0.3 is 6.18 Å². The first-order chi connectivity index (χ1) is 14.1. The predicted octanol–water partition coefficient (Wildman–Crippen LogP) is 4.38. The maximum atomic E-state index is 12.7. The zero-order valence-corrected chi connectivity index (χ0v) is 17.9. The maximum absolute atomic E-state index is 12.7. The van der Waals surface area contributed by atoms with E-state index in [0.717, 1.165) is 11.3 Å². The monoisotopic (exact) mass is 482 g/mol. The lowest BCUT2D eigenvalue weighted by atomic mass is 9.98. The maximum Gasteiger partial charge on any atom is 0.422 e. The van der Waals surface area contributed by atoms with Gasteiger partial charge in [-0.2, -0.15) is 17.5 Å². The molecule has 1 aromatic carbocycles. The molecule has 3 rings (SSSR count). The molecule has 0 saturated carbocycles. The molecule has 1 aliphatic heterocycles. The number of anilines is 1. The number of piperidine rings is 1. The molecule has 0 bridgehead atoms. The van der Waals surface area contributed by atoms with Crippen molar-refractivity contribution in [1.82, 2.24) is 4.31 Å². The quantitative estimate of drug-likeness (QED) is 0.663. The summed E-state index contributed by atoms with van der Waals surface area (Å²) in [5.41, 5.74) is -0.00464. The van der Waals surface area contributed by atoms with Crippen LogP contribution in [-0.4, -0.2) is 44.5 Å². The van der Waals surface area contributed by atoms with Gasteiger partial charge < -0.3 is 10.1 Å². The van der Waals surface area contributed by atoms with Crippen LogP contribution < -0.4 is 10.1 Å². The van der Waals surface area contributed by atoms with E-state index in [-0.39, 0.29) is 27.2 Å². The molecule has 1 aromatic heterocycles. The number of hydrogen-bond acceptors (Lipinski definition) is 5. The van der Waals surface area contributed by atoms with Crippen molar-refractivity contribution in [3.63, 3.8) is 0 Å². The predicted molar refractivity (Wildman–Crippen MR) is 107 cm³/mol. The molecule has 164 valence electrons. The number of benzene rings is 1. The Bertz CT molecular complexity index is 997. The summed E-state index contributed by atoms with van der Waals surface area (Å²) in [4.78, 5) is 12.7. The van der Waals surface area contributed by atoms with E-state index in [1.54, 1.807) is 11.4 Å². The molecule has 1 fully saturated rings. The summed E-state index contributed by atoms with van der Waals surface area (Å²) in [6, 6.07) is 7.00. The molecule has 1 N–H and O–H groups in total. The van der Waals surface area contributed by atoms with Crippen LogP contribution in [0.1, 0.15) is 12.8 Å². The number of thiophene rings is 1. The highest BCUT2D eigenvalue weighted by Crippen LogP contribution is 2.32. The number of hydrogen-bond donors (Lipinski definition) is 1. The highest BCUT2D eigenvalue weighted by Gasteiger charge is 2.34. The van der Waals surface area contributed by atoms with Gasteiger partial charge in [0.05, 0.1) is 11.6 Å². The van der Waals surface area contributed by atoms with Crippen LogP contribution in [0.5, 0.6) is 5.75 Å². The zero-order valence-electron chi connectivity index (χ0n) is 15.5. The smallest absolute Gasteiger partial charge is 0.422 e. The van der Waals surface area contributed by atoms with Crippen molar-refractivity contribution in [2.24, 2.45) is 5.92 Å². The number of amides is 1. The number of nitrogens with zero attached hydrogens (tertiary/aromatic N) is 1. The first kappa shape index (κ1) is 22.9. The average Bonchev–Trinajstić information content (AvgIpc) is 3.22. The van der Waals surface area contributed by atoms with Crippen LogP contribution in [0.15, 0.2) is 39.9 Å². The Kier molecular flexibility index (Phi) is 6.95. The summed E-state index contributed by atoms with van der Waals surface area (Å²) in [5, 5.41) is 4.39. The molecule has 30 heavy (non-hydrogen) atoms. The third kappa shape index (κ3) is 5.65. The largest absolute Gasteiger partial charge is 0.482 e. The molecule has 1 unspecified atom stereocenters. The number of carbonyl (C=O) groups excluding carboxylic acids is 1. The number of halogens is 4. The van der Waals surface area contributed by atoms with Gasteiger partial charge in [0.1, 0.15) is 9.96 Å². The van der Waals surface area contributed by atoms with E-state index < -0.39 is 34.6 Å². The molecule has 0 radical (unpaired) electrons. The third-order valence-corrected chi connectivity index (χ3v) is 7.91. The fourth-order valence-corrected chi connectivity index (χ4v) is 5.87. The second-order valence-corrected chi connectivity index (χ2v) is 10.2. The van der Waals surface area contributed by atoms with Crippen molar-refractivity contribution in [2.75, 3.05) is 25.0 Å². The van der Waals surface area contributed by atoms with Crippen molar-refractivity contribution in [3.05, 3.63) is 40.7 Å². The van der Waals surface area contributed by atoms with Crippen LogP contribution in [0.25, 0.3) is 0 Å². The molecule has 0 aliphatic carbocycles. The molecule has 2 heterocycles. The number of nitrogens with one attached hydrogen (secondary N) is 1. The van der Waals surface area contributed by atoms with E-state index in [0.29, 0.717) is 19.4 Å². The van der Waals surface area contributed by atoms with Gasteiger partial charge in [-0.25, -0.2) is 8.42 Å². The van der Waals surface area contributed by atoms with Crippen LogP contribution >= 0.6 is 22.9 Å². The Morgan fingerprint density at radius 3 is 2.77 bits per heavy atom. The second-order valence-electron chi connectivity index (χ2n) is 6.67. The van der Waals surface area contributed by atoms with E-state index in [9.17, 15) is 26.4 Å². The molecule has 12 heteroatoms. The van der Waals surface area contributed by atoms with Gasteiger partial charge in [-0.15, -0.1) is 11.3 Å². The third-order valence-electron chi connectivity index (χ3n) is 4.43. The summed E-state index contributed by atoms with van der Waals surface area (Å²) in [7, 11) is -3.70. The number of sulfonamides is 1. The first-order valence-electron chi connectivity index (χ1n) is 8.90. The number of rotatable bonds is 6. The molecule has 6 nitrogen and oxygen atoms in total. The Hall–Kier alpha value is -1.82. The van der Waals surface area contributed by atoms with Crippen LogP contribution in [0.2, 0.25) is 5.02 Å². The highest BCUT2D eigenvalue weighted by molar-refractivity contribution is 7.91. The van der Waals surface area contributed by atoms with Crippen LogP contribution in [0.3, 0.4) is 0 Å². The van der Waals surface area contributed by atoms with Crippen molar-refractivity contribution < 1.29 is 31.1 Å². The topological polar surface area (TPSA) is 75.7 Å². The van der Waals surface area contributed by atoms with Crippen LogP contribution in [0, 0.1) is 5.92 Å². The SMILES string of the molecule is O=C(Nc1cc(Cl)ccc1OCC(F)(F)F)C1CCCN(S(=O)(=O)c2cccs2)C1. The average molecular weight is 483 g/mol. The van der Waals surface area contributed by atoms with Crippen LogP contribution in [-0.2, 0) is 14.8 Å². The van der Waals surface area contributed by atoms with Gasteiger partial charge in [0.2, 0.25) is 5.91 Å². The summed E-state index contributed by atoms with van der Waals surface area (Å²) in [6.07, 6.45) is -3.61. The van der Waals surface area contributed by atoms with E-state index in [1.807, 2.05) is 0 Å². The molecule has 0 spiro atoms. The number of ether oxygens (including phenoxy) is 1. The number of alkyl halides is 3. The Labute approximate surface area is 180 Å². The Balaban J connectivity index is 1.72. The summed E-state index contributed by atoms with van der Waals surface area (Å²) >= 11 is 6.99. The lowest BCUT2D eigenvalue weighted by molar-refractivity contribution is -0.153. The van der Waals surface area contributed by atoms with E-state index in [2.05, 4.69) is 5.32 Å². The molecule has 1 amide bonds. The summed E-state index contributed by atoms with van der Waals surface area (Å²) < 4.78 is 69.1. The summed E-state index contributed by atoms with van der Waals surface area (Å²) in [5.74, 6) is -1.35. The fourth-order valence-electron chi connectivity index (χ4n) is 3.03. The van der Waals surface area contributed by atoms with Gasteiger partial charge in [0, 0.05) is 18.1 Å². The number of carbonyl (C=O) groups is 1. The van der Waals surface area contributed by atoms with E-state index in [4.69, 9.17) is 16.3 Å². The minimum absolute atomic E-state index is 0.00464. The lowest BCUT2D eigenvalue weighted by Gasteiger charge is -2.31. The lowest BCUT2D eigenvalue weighted by Crippen LogP contribution is -2.43. The normalized spacial score (nSPS) is 18.2. The second kappa shape index (κ2) is 9.13. The van der Waals surface area contributed by atoms with Gasteiger partial charge in [0.25, 0.3) is 10.0 Å². The first-order valence-corrected chi connectivity index (χ1v) is 11.6. The Morgan fingerprint density at radius 1 is 1.33 bits per heavy atom. The van der Waals surface area contributed by atoms with Crippen molar-refractivity contribution >= 4 is 44.6 Å². The van der Waals surface area contributed by atoms with Gasteiger partial charge in [-0.3, -0.25) is 4.79 Å². The fraction of sp³-hybridized carbons (Fsp3) is 0.389. The molecule has 2 aromatic rings. The van der Waals surface area contributed by atoms with Crippen molar-refractivity contribution in [3.8, 4) is 5.75 Å². The van der Waals surface area contributed by atoms with Crippen LogP contribution in [0.4, 0.5) is 18.9 Å². The van der Waals surface area contributed by atoms with Crippen molar-refractivity contribution in [1.29, 1.82) is 0 Å². The minimum Gasteiger partial charge on any atom is -0.482 e. The summed E-state index contributed by atoms with van der Waals surface area (Å²) in [6.45, 7) is -1.25. The molecule has 1 atom stereocenters. The van der Waals surface area contributed by atoms with Gasteiger partial charge in [-0.1, -0.05) is 17.7 Å². The molecular weight excluding hydrogens is 465 g/mol. The minimum atomic E-state index is -4.54. The van der Waals surface area contributed by atoms with Gasteiger partial charge in [0.15, 0.2) is 6.61 Å². The van der Waals surface area contributed by atoms with Gasteiger partial charge in [-0.05, 0) is 42.5 Å².